The molecule has 2 atom stereocenters. The lowest BCUT2D eigenvalue weighted by molar-refractivity contribution is -0.149. The van der Waals surface area contributed by atoms with Gasteiger partial charge in [-0.3, -0.25) is 4.79 Å². The van der Waals surface area contributed by atoms with Crippen LogP contribution in [0.3, 0.4) is 0 Å². The summed E-state index contributed by atoms with van der Waals surface area (Å²) in [5.74, 6) is 0.150. The van der Waals surface area contributed by atoms with Crippen LogP contribution in [0, 0.1) is 5.92 Å². The van der Waals surface area contributed by atoms with Crippen molar-refractivity contribution < 1.29 is 9.53 Å². The van der Waals surface area contributed by atoms with Crippen LogP contribution in [0.25, 0.3) is 0 Å². The first kappa shape index (κ1) is 23.4. The van der Waals surface area contributed by atoms with Crippen LogP contribution in [-0.4, -0.2) is 37.1 Å². The van der Waals surface area contributed by atoms with Gasteiger partial charge >= 0.3 is 5.97 Å². The molecule has 3 nitrogen and oxygen atoms in total. The van der Waals surface area contributed by atoms with Gasteiger partial charge in [0, 0.05) is 6.04 Å². The Morgan fingerprint density at radius 1 is 0.917 bits per heavy atom. The van der Waals surface area contributed by atoms with Crippen LogP contribution in [0.2, 0.25) is 0 Å². The number of ether oxygens (including phenoxy) is 1. The number of carbonyl (C=O) groups excluding carboxylic acids is 1. The van der Waals surface area contributed by atoms with Crippen molar-refractivity contribution in [3.05, 3.63) is 0 Å². The van der Waals surface area contributed by atoms with Gasteiger partial charge in [0.2, 0.25) is 0 Å². The molecule has 24 heavy (non-hydrogen) atoms. The fourth-order valence-electron chi connectivity index (χ4n) is 2.95. The second-order valence-electron chi connectivity index (χ2n) is 7.27. The standard InChI is InChI=1S/C21H43NO2/c1-6-9-10-13-16-20(8-3)21(23)24-18-15-12-11-14-17-22(5)19(4)7-2/h19-20H,6-18H2,1-5H3/t19-,20?/m1/s1. The number of esters is 1. The second-order valence-corrected chi connectivity index (χ2v) is 7.27. The Hall–Kier alpha value is -0.570. The van der Waals surface area contributed by atoms with Gasteiger partial charge in [-0.15, -0.1) is 0 Å². The molecule has 0 radical (unpaired) electrons. The average molecular weight is 342 g/mol. The average Bonchev–Trinajstić information content (AvgIpc) is 2.59. The molecule has 0 saturated carbocycles. The van der Waals surface area contributed by atoms with E-state index in [4.69, 9.17) is 4.74 Å². The van der Waals surface area contributed by atoms with E-state index >= 15 is 0 Å². The van der Waals surface area contributed by atoms with Crippen molar-refractivity contribution in [2.45, 2.75) is 104 Å². The van der Waals surface area contributed by atoms with Gasteiger partial charge in [0.25, 0.3) is 0 Å². The monoisotopic (exact) mass is 341 g/mol. The Morgan fingerprint density at radius 3 is 2.21 bits per heavy atom. The minimum Gasteiger partial charge on any atom is -0.465 e. The van der Waals surface area contributed by atoms with Gasteiger partial charge in [0.05, 0.1) is 12.5 Å². The second kappa shape index (κ2) is 15.9. The highest BCUT2D eigenvalue weighted by molar-refractivity contribution is 5.72. The SMILES string of the molecule is CCCCCCC(CC)C(=O)OCCCCCCN(C)[C@H](C)CC. The number of rotatable bonds is 16. The fourth-order valence-corrected chi connectivity index (χ4v) is 2.95. The summed E-state index contributed by atoms with van der Waals surface area (Å²) < 4.78 is 5.49. The molecule has 0 aliphatic heterocycles. The molecule has 0 heterocycles. The highest BCUT2D eigenvalue weighted by Crippen LogP contribution is 2.16. The smallest absolute Gasteiger partial charge is 0.308 e. The molecule has 0 rings (SSSR count). The summed E-state index contributed by atoms with van der Waals surface area (Å²) in [4.78, 5) is 14.5. The van der Waals surface area contributed by atoms with Gasteiger partial charge in [-0.2, -0.15) is 0 Å². The molecule has 0 aromatic carbocycles. The number of hydrogen-bond donors (Lipinski definition) is 0. The lowest BCUT2D eigenvalue weighted by atomic mass is 9.98. The van der Waals surface area contributed by atoms with E-state index in [1.807, 2.05) is 0 Å². The van der Waals surface area contributed by atoms with E-state index in [0.717, 1.165) is 32.1 Å². The molecule has 0 amide bonds. The summed E-state index contributed by atoms with van der Waals surface area (Å²) in [5.41, 5.74) is 0. The van der Waals surface area contributed by atoms with E-state index in [1.54, 1.807) is 0 Å². The molecule has 0 aromatic heterocycles. The predicted octanol–water partition coefficient (Wildman–Crippen LogP) is 5.82. The molecule has 1 unspecified atom stereocenters. The van der Waals surface area contributed by atoms with Crippen LogP contribution in [0.1, 0.15) is 98.3 Å². The zero-order chi connectivity index (χ0) is 18.2. The summed E-state index contributed by atoms with van der Waals surface area (Å²) in [6.07, 6.45) is 12.7. The van der Waals surface area contributed by atoms with Gasteiger partial charge < -0.3 is 9.64 Å². The highest BCUT2D eigenvalue weighted by Gasteiger charge is 2.17. The number of nitrogens with zero attached hydrogens (tertiary/aromatic N) is 1. The molecule has 0 bridgehead atoms. The van der Waals surface area contributed by atoms with E-state index in [-0.39, 0.29) is 11.9 Å². The third-order valence-corrected chi connectivity index (χ3v) is 5.23. The largest absolute Gasteiger partial charge is 0.465 e. The molecule has 3 heteroatoms. The first-order valence-corrected chi connectivity index (χ1v) is 10.4. The third-order valence-electron chi connectivity index (χ3n) is 5.23. The van der Waals surface area contributed by atoms with Crippen molar-refractivity contribution in [3.63, 3.8) is 0 Å². The van der Waals surface area contributed by atoms with E-state index < -0.39 is 0 Å². The van der Waals surface area contributed by atoms with Crippen LogP contribution in [0.15, 0.2) is 0 Å². The van der Waals surface area contributed by atoms with E-state index in [0.29, 0.717) is 12.6 Å². The lowest BCUT2D eigenvalue weighted by Gasteiger charge is -2.23. The van der Waals surface area contributed by atoms with Crippen LogP contribution in [-0.2, 0) is 9.53 Å². The summed E-state index contributed by atoms with van der Waals surface area (Å²) in [6, 6.07) is 0.675. The normalized spacial score (nSPS) is 13.9. The minimum atomic E-state index is 0.0329. The first-order valence-electron chi connectivity index (χ1n) is 10.4. The maximum absolute atomic E-state index is 12.1. The van der Waals surface area contributed by atoms with Crippen molar-refractivity contribution in [2.75, 3.05) is 20.2 Å². The van der Waals surface area contributed by atoms with Gasteiger partial charge in [0.15, 0.2) is 0 Å². The Labute approximate surface area is 151 Å². The van der Waals surface area contributed by atoms with Crippen LogP contribution in [0.5, 0.6) is 0 Å². The van der Waals surface area contributed by atoms with Crippen molar-refractivity contribution in [1.29, 1.82) is 0 Å². The Bertz CT molecular complexity index is 294. The summed E-state index contributed by atoms with van der Waals surface area (Å²) in [7, 11) is 2.21. The molecule has 0 fully saturated rings. The molecular weight excluding hydrogens is 298 g/mol. The van der Waals surface area contributed by atoms with Crippen LogP contribution in [0.4, 0.5) is 0 Å². The zero-order valence-corrected chi connectivity index (χ0v) is 17.1. The maximum Gasteiger partial charge on any atom is 0.308 e. The summed E-state index contributed by atoms with van der Waals surface area (Å²) in [5, 5.41) is 0. The third kappa shape index (κ3) is 11.9. The van der Waals surface area contributed by atoms with Gasteiger partial charge in [-0.25, -0.2) is 0 Å². The van der Waals surface area contributed by atoms with Crippen LogP contribution < -0.4 is 0 Å². The van der Waals surface area contributed by atoms with Gasteiger partial charge in [-0.05, 0) is 52.6 Å². The minimum absolute atomic E-state index is 0.0329. The van der Waals surface area contributed by atoms with E-state index in [1.165, 1.54) is 45.1 Å². The van der Waals surface area contributed by atoms with Crippen molar-refractivity contribution >= 4 is 5.97 Å². The van der Waals surface area contributed by atoms with Crippen molar-refractivity contribution in [2.24, 2.45) is 5.92 Å². The molecular formula is C21H43NO2. The van der Waals surface area contributed by atoms with Crippen LogP contribution >= 0.6 is 0 Å². The van der Waals surface area contributed by atoms with Gasteiger partial charge in [-0.1, -0.05) is 59.3 Å². The zero-order valence-electron chi connectivity index (χ0n) is 17.1. The number of carbonyl (C=O) groups is 1. The molecule has 0 aromatic rings. The quantitative estimate of drug-likeness (QED) is 0.262. The molecule has 0 saturated heterocycles. The molecule has 0 aliphatic rings. The molecule has 0 N–H and O–H groups in total. The topological polar surface area (TPSA) is 29.5 Å². The number of unbranched alkanes of at least 4 members (excludes halogenated alkanes) is 6. The lowest BCUT2D eigenvalue weighted by Crippen LogP contribution is -2.29. The highest BCUT2D eigenvalue weighted by atomic mass is 16.5. The number of hydrogen-bond acceptors (Lipinski definition) is 3. The van der Waals surface area contributed by atoms with Gasteiger partial charge in [0.1, 0.15) is 0 Å². The van der Waals surface area contributed by atoms with Crippen molar-refractivity contribution in [1.82, 2.24) is 4.90 Å². The molecule has 0 spiro atoms. The van der Waals surface area contributed by atoms with E-state index in [2.05, 4.69) is 39.6 Å². The molecule has 0 aliphatic carbocycles. The first-order chi connectivity index (χ1) is 11.6. The predicted molar refractivity (Wildman–Crippen MR) is 104 cm³/mol. The Morgan fingerprint density at radius 2 is 1.58 bits per heavy atom. The Kier molecular flexibility index (Phi) is 15.6. The summed E-state index contributed by atoms with van der Waals surface area (Å²) >= 11 is 0. The van der Waals surface area contributed by atoms with E-state index in [9.17, 15) is 4.79 Å². The fraction of sp³-hybridized carbons (Fsp3) is 0.952. The summed E-state index contributed by atoms with van der Waals surface area (Å²) in [6.45, 7) is 10.6. The molecule has 144 valence electrons. The Balaban J connectivity index is 3.62. The maximum atomic E-state index is 12.1. The van der Waals surface area contributed by atoms with Crippen molar-refractivity contribution in [3.8, 4) is 0 Å².